The van der Waals surface area contributed by atoms with Gasteiger partial charge < -0.3 is 14.2 Å². The van der Waals surface area contributed by atoms with Gasteiger partial charge in [0.1, 0.15) is 11.7 Å². The number of rotatable bonds is 2. The van der Waals surface area contributed by atoms with Crippen molar-refractivity contribution in [3.63, 3.8) is 0 Å². The van der Waals surface area contributed by atoms with Crippen LogP contribution in [0.25, 0.3) is 0 Å². The van der Waals surface area contributed by atoms with Crippen LogP contribution >= 0.6 is 0 Å². The Morgan fingerprint density at radius 1 is 1.07 bits per heavy atom. The minimum Gasteiger partial charge on any atom is -0.381 e. The number of likely N-dealkylation sites (tertiary alicyclic amines) is 2. The molecular weight excluding hydrogens is 361 g/mol. The van der Waals surface area contributed by atoms with Gasteiger partial charge in [-0.2, -0.15) is 0 Å². The summed E-state index contributed by atoms with van der Waals surface area (Å²) in [5.74, 6) is 0.466. The Balaban J connectivity index is 1.39. The minimum absolute atomic E-state index is 0.103. The van der Waals surface area contributed by atoms with Crippen LogP contribution in [-0.2, 0) is 11.3 Å². The number of amides is 1. The molecule has 0 N–H and O–H groups in total. The molecule has 28 heavy (non-hydrogen) atoms. The smallest absolute Gasteiger partial charge is 0.263 e. The molecule has 0 aromatic carbocycles. The minimum atomic E-state index is -0.972. The van der Waals surface area contributed by atoms with Crippen molar-refractivity contribution in [2.75, 3.05) is 39.4 Å². The zero-order valence-corrected chi connectivity index (χ0v) is 16.2. The Morgan fingerprint density at radius 3 is 2.64 bits per heavy atom. The highest BCUT2D eigenvalue weighted by Gasteiger charge is 2.38. The molecule has 0 aliphatic carbocycles. The normalized spacial score (nSPS) is 31.0. The fraction of sp³-hybridized carbons (Fsp3) is 0.714. The second-order valence-electron chi connectivity index (χ2n) is 8.82. The van der Waals surface area contributed by atoms with Crippen molar-refractivity contribution in [3.8, 4) is 0 Å². The lowest BCUT2D eigenvalue weighted by Crippen LogP contribution is -2.52. The maximum atomic E-state index is 13.5. The van der Waals surface area contributed by atoms with Gasteiger partial charge in [0.2, 0.25) is 0 Å². The molecule has 7 heteroatoms. The van der Waals surface area contributed by atoms with Crippen LogP contribution in [0.15, 0.2) is 16.9 Å². The number of hydrogen-bond donors (Lipinski definition) is 0. The summed E-state index contributed by atoms with van der Waals surface area (Å²) in [5, 5.41) is 0. The number of halogens is 1. The van der Waals surface area contributed by atoms with Gasteiger partial charge in [0.05, 0.1) is 6.54 Å². The van der Waals surface area contributed by atoms with Crippen molar-refractivity contribution in [1.29, 1.82) is 0 Å². The Hall–Kier alpha value is -1.73. The Bertz CT molecular complexity index is 820. The molecule has 2 bridgehead atoms. The van der Waals surface area contributed by atoms with Crippen molar-refractivity contribution in [1.82, 2.24) is 14.4 Å². The zero-order valence-electron chi connectivity index (χ0n) is 16.2. The summed E-state index contributed by atoms with van der Waals surface area (Å²) in [6.07, 6.45) is 2.68. The molecule has 5 rings (SSSR count). The predicted octanol–water partition coefficient (Wildman–Crippen LogP) is 1.63. The summed E-state index contributed by atoms with van der Waals surface area (Å²) in [7, 11) is 0. The number of nitrogens with zero attached hydrogens (tertiary/aromatic N) is 3. The van der Waals surface area contributed by atoms with Crippen LogP contribution in [0.3, 0.4) is 0 Å². The third-order valence-corrected chi connectivity index (χ3v) is 6.99. The van der Waals surface area contributed by atoms with Crippen LogP contribution in [0.4, 0.5) is 4.39 Å². The molecule has 0 unspecified atom stereocenters. The fourth-order valence-corrected chi connectivity index (χ4v) is 5.57. The summed E-state index contributed by atoms with van der Waals surface area (Å²) in [5.41, 5.74) is 1.05. The van der Waals surface area contributed by atoms with Gasteiger partial charge in [-0.05, 0) is 43.7 Å². The van der Waals surface area contributed by atoms with Crippen molar-refractivity contribution in [2.45, 2.75) is 50.4 Å². The number of ether oxygens (including phenoxy) is 1. The van der Waals surface area contributed by atoms with Gasteiger partial charge in [-0.25, -0.2) is 4.39 Å². The second-order valence-corrected chi connectivity index (χ2v) is 8.82. The van der Waals surface area contributed by atoms with Crippen LogP contribution < -0.4 is 5.56 Å². The van der Waals surface area contributed by atoms with Crippen LogP contribution in [0, 0.1) is 5.92 Å². The molecule has 1 amide bonds. The Kier molecular flexibility index (Phi) is 4.75. The zero-order chi connectivity index (χ0) is 19.3. The third-order valence-electron chi connectivity index (χ3n) is 6.99. The largest absolute Gasteiger partial charge is 0.381 e. The van der Waals surface area contributed by atoms with Gasteiger partial charge in [-0.1, -0.05) is 0 Å². The van der Waals surface area contributed by atoms with E-state index in [9.17, 15) is 14.0 Å². The number of piperidine rings is 1. The van der Waals surface area contributed by atoms with Crippen LogP contribution in [-0.4, -0.2) is 71.9 Å². The van der Waals surface area contributed by atoms with Crippen molar-refractivity contribution >= 4 is 5.91 Å². The highest BCUT2D eigenvalue weighted by molar-refractivity contribution is 5.94. The van der Waals surface area contributed by atoms with Gasteiger partial charge in [-0.15, -0.1) is 0 Å². The molecule has 4 aliphatic rings. The second kappa shape index (κ2) is 7.26. The molecule has 0 radical (unpaired) electrons. The number of fused-ring (bicyclic) bond motifs is 4. The third kappa shape index (κ3) is 3.18. The molecule has 1 aromatic heterocycles. The first-order valence-corrected chi connectivity index (χ1v) is 10.6. The van der Waals surface area contributed by atoms with Gasteiger partial charge in [-0.3, -0.25) is 14.5 Å². The first-order valence-electron chi connectivity index (χ1n) is 10.6. The standard InChI is InChI=1S/C21H28FN3O3/c22-16-3-6-23(13-16)20(26)18-1-2-19-15-9-14(11-25(19)21(18)27)10-24(12-15)17-4-7-28-8-5-17/h1-2,14-17H,3-13H2/t14-,15+,16-/m0/s1. The number of carbonyl (C=O) groups is 1. The number of pyridine rings is 1. The molecule has 5 heterocycles. The summed E-state index contributed by atoms with van der Waals surface area (Å²) in [4.78, 5) is 29.9. The van der Waals surface area contributed by atoms with E-state index in [2.05, 4.69) is 4.90 Å². The average molecular weight is 389 g/mol. The maximum absolute atomic E-state index is 13.5. The summed E-state index contributed by atoms with van der Waals surface area (Å²) in [6, 6.07) is 4.23. The molecule has 152 valence electrons. The number of alkyl halides is 1. The lowest BCUT2D eigenvalue weighted by molar-refractivity contribution is 0.00584. The molecule has 3 atom stereocenters. The van der Waals surface area contributed by atoms with Crippen molar-refractivity contribution in [2.24, 2.45) is 5.92 Å². The van der Waals surface area contributed by atoms with E-state index in [1.165, 1.54) is 4.90 Å². The van der Waals surface area contributed by atoms with Crippen molar-refractivity contribution < 1.29 is 13.9 Å². The molecule has 3 fully saturated rings. The molecular formula is C21H28FN3O3. The Labute approximate surface area is 164 Å². The SMILES string of the molecule is O=C(c1ccc2n(c1=O)C[C@H]1C[C@@H]2CN(C2CCOCC2)C1)N1CC[C@H](F)C1. The number of hydrogen-bond acceptors (Lipinski definition) is 4. The summed E-state index contributed by atoms with van der Waals surface area (Å²) < 4.78 is 20.8. The highest BCUT2D eigenvalue weighted by atomic mass is 19.1. The van der Waals surface area contributed by atoms with Crippen LogP contribution in [0.1, 0.15) is 47.7 Å². The molecule has 1 aromatic rings. The molecule has 0 saturated carbocycles. The van der Waals surface area contributed by atoms with E-state index in [-0.39, 0.29) is 23.6 Å². The Morgan fingerprint density at radius 2 is 1.89 bits per heavy atom. The summed E-state index contributed by atoms with van der Waals surface area (Å²) in [6.45, 7) is 4.85. The number of carbonyl (C=O) groups excluding carboxylic acids is 1. The molecule has 0 spiro atoms. The number of aromatic nitrogens is 1. The average Bonchev–Trinajstić information content (AvgIpc) is 3.15. The molecule has 3 saturated heterocycles. The van der Waals surface area contributed by atoms with Crippen LogP contribution in [0.5, 0.6) is 0 Å². The van der Waals surface area contributed by atoms with Gasteiger partial charge in [0, 0.05) is 57.0 Å². The maximum Gasteiger partial charge on any atom is 0.263 e. The van der Waals surface area contributed by atoms with Gasteiger partial charge in [0.25, 0.3) is 11.5 Å². The first-order chi connectivity index (χ1) is 13.6. The van der Waals surface area contributed by atoms with Crippen molar-refractivity contribution in [3.05, 3.63) is 33.7 Å². The molecule has 4 aliphatic heterocycles. The van der Waals surface area contributed by atoms with E-state index in [1.54, 1.807) is 6.07 Å². The summed E-state index contributed by atoms with van der Waals surface area (Å²) >= 11 is 0. The van der Waals surface area contributed by atoms with Crippen LogP contribution in [0.2, 0.25) is 0 Å². The van der Waals surface area contributed by atoms with E-state index < -0.39 is 6.17 Å². The van der Waals surface area contributed by atoms with E-state index in [1.807, 2.05) is 10.6 Å². The van der Waals surface area contributed by atoms with E-state index in [0.29, 0.717) is 37.4 Å². The topological polar surface area (TPSA) is 54.8 Å². The van der Waals surface area contributed by atoms with Gasteiger partial charge in [0.15, 0.2) is 0 Å². The quantitative estimate of drug-likeness (QED) is 0.772. The van der Waals surface area contributed by atoms with Gasteiger partial charge >= 0.3 is 0 Å². The van der Waals surface area contributed by atoms with E-state index >= 15 is 0 Å². The first kappa shape index (κ1) is 18.3. The molecule has 6 nitrogen and oxygen atoms in total. The van der Waals surface area contributed by atoms with E-state index in [0.717, 1.165) is 51.3 Å². The lowest BCUT2D eigenvalue weighted by Gasteiger charge is -2.46. The fourth-order valence-electron chi connectivity index (χ4n) is 5.57. The lowest BCUT2D eigenvalue weighted by atomic mass is 9.82. The predicted molar refractivity (Wildman–Crippen MR) is 102 cm³/mol. The highest BCUT2D eigenvalue weighted by Crippen LogP contribution is 2.37. The van der Waals surface area contributed by atoms with E-state index in [4.69, 9.17) is 4.74 Å². The monoisotopic (exact) mass is 389 g/mol.